The first-order valence-corrected chi connectivity index (χ1v) is 18.4. The lowest BCUT2D eigenvalue weighted by Gasteiger charge is -2.25. The molecule has 2 nitrogen and oxygen atoms in total. The van der Waals surface area contributed by atoms with Gasteiger partial charge in [0.05, 0.1) is 11.0 Å². The molecule has 9 aromatic rings. The second-order valence-electron chi connectivity index (χ2n) is 14.6. The lowest BCUT2D eigenvalue weighted by Crippen LogP contribution is -2.16. The molecule has 252 valence electrons. The number of nitrogens with zero attached hydrogens (tertiary/aromatic N) is 2. The fraction of sp³-hybridized carbons (Fsp3) is 0.0588. The molecular formula is C51H38N2. The monoisotopic (exact) mass is 678 g/mol. The summed E-state index contributed by atoms with van der Waals surface area (Å²) in [5.41, 5.74) is 14.8. The van der Waals surface area contributed by atoms with Gasteiger partial charge in [-0.2, -0.15) is 0 Å². The number of hydrogen-bond donors (Lipinski definition) is 0. The lowest BCUT2D eigenvalue weighted by molar-refractivity contribution is 0.663. The highest BCUT2D eigenvalue weighted by Gasteiger charge is 2.38. The summed E-state index contributed by atoms with van der Waals surface area (Å²) in [5.74, 6) is 0. The topological polar surface area (TPSA) is 8.17 Å². The van der Waals surface area contributed by atoms with E-state index in [2.05, 4.69) is 217 Å². The fourth-order valence-corrected chi connectivity index (χ4v) is 8.60. The molecule has 0 unspecified atom stereocenters. The molecule has 0 saturated heterocycles. The zero-order chi connectivity index (χ0) is 35.5. The van der Waals surface area contributed by atoms with Crippen molar-refractivity contribution in [2.45, 2.75) is 19.3 Å². The molecule has 8 aromatic carbocycles. The number of para-hydroxylation sites is 4. The van der Waals surface area contributed by atoms with Crippen molar-refractivity contribution in [3.8, 4) is 16.8 Å². The normalized spacial score (nSPS) is 13.2. The highest BCUT2D eigenvalue weighted by molar-refractivity contribution is 6.13. The van der Waals surface area contributed by atoms with Gasteiger partial charge in [0.1, 0.15) is 0 Å². The second-order valence-corrected chi connectivity index (χ2v) is 14.6. The van der Waals surface area contributed by atoms with E-state index in [9.17, 15) is 0 Å². The SMILES string of the molecule is CC1(C)c2cc(/C=C/c3ccc4cc(N(c5ccccc5)c5ccccc5)ccc4c3)ccc2-c2ccc3c4ccccc4n(-c4ccccc4)c3c21. The van der Waals surface area contributed by atoms with Crippen molar-refractivity contribution >= 4 is 61.8 Å². The Hall–Kier alpha value is -6.64. The highest BCUT2D eigenvalue weighted by Crippen LogP contribution is 2.53. The van der Waals surface area contributed by atoms with E-state index >= 15 is 0 Å². The first-order valence-electron chi connectivity index (χ1n) is 18.4. The van der Waals surface area contributed by atoms with Crippen LogP contribution in [0.25, 0.3) is 61.5 Å². The van der Waals surface area contributed by atoms with E-state index in [0.717, 1.165) is 17.1 Å². The summed E-state index contributed by atoms with van der Waals surface area (Å²) in [6.45, 7) is 4.79. The maximum absolute atomic E-state index is 2.47. The summed E-state index contributed by atoms with van der Waals surface area (Å²) in [5, 5.41) is 5.04. The van der Waals surface area contributed by atoms with Crippen LogP contribution in [0.3, 0.4) is 0 Å². The van der Waals surface area contributed by atoms with Gasteiger partial charge < -0.3 is 9.47 Å². The predicted molar refractivity (Wildman–Crippen MR) is 226 cm³/mol. The van der Waals surface area contributed by atoms with Crippen LogP contribution in [-0.4, -0.2) is 4.57 Å². The van der Waals surface area contributed by atoms with Crippen LogP contribution in [0.4, 0.5) is 17.1 Å². The van der Waals surface area contributed by atoms with E-state index < -0.39 is 0 Å². The van der Waals surface area contributed by atoms with Crippen molar-refractivity contribution in [3.63, 3.8) is 0 Å². The second kappa shape index (κ2) is 12.3. The Morgan fingerprint density at radius 1 is 0.472 bits per heavy atom. The summed E-state index contributed by atoms with van der Waals surface area (Å²) in [7, 11) is 0. The van der Waals surface area contributed by atoms with Crippen LogP contribution in [0.2, 0.25) is 0 Å². The smallest absolute Gasteiger partial charge is 0.0588 e. The molecule has 0 bridgehead atoms. The number of hydrogen-bond acceptors (Lipinski definition) is 1. The highest BCUT2D eigenvalue weighted by atomic mass is 15.1. The van der Waals surface area contributed by atoms with Gasteiger partial charge in [-0.25, -0.2) is 0 Å². The summed E-state index contributed by atoms with van der Waals surface area (Å²) in [6, 6.07) is 66.0. The largest absolute Gasteiger partial charge is 0.310 e. The molecule has 1 heterocycles. The van der Waals surface area contributed by atoms with Gasteiger partial charge in [0.15, 0.2) is 0 Å². The number of aromatic nitrogens is 1. The van der Waals surface area contributed by atoms with E-state index in [1.165, 1.54) is 71.6 Å². The van der Waals surface area contributed by atoms with Gasteiger partial charge >= 0.3 is 0 Å². The minimum absolute atomic E-state index is 0.178. The van der Waals surface area contributed by atoms with Crippen LogP contribution in [0.15, 0.2) is 182 Å². The maximum Gasteiger partial charge on any atom is 0.0588 e. The molecular weight excluding hydrogens is 641 g/mol. The molecule has 0 fully saturated rings. The molecule has 10 rings (SSSR count). The van der Waals surface area contributed by atoms with Crippen molar-refractivity contribution < 1.29 is 0 Å². The average molecular weight is 679 g/mol. The van der Waals surface area contributed by atoms with E-state index in [-0.39, 0.29) is 5.41 Å². The van der Waals surface area contributed by atoms with Crippen LogP contribution in [-0.2, 0) is 5.41 Å². The van der Waals surface area contributed by atoms with Gasteiger partial charge in [-0.3, -0.25) is 0 Å². The molecule has 0 amide bonds. The van der Waals surface area contributed by atoms with Gasteiger partial charge in [-0.15, -0.1) is 0 Å². The molecule has 1 aliphatic rings. The van der Waals surface area contributed by atoms with Crippen LogP contribution in [0.1, 0.15) is 36.1 Å². The third-order valence-corrected chi connectivity index (χ3v) is 11.1. The molecule has 1 aromatic heterocycles. The standard InChI is InChI=1S/C51H38N2/c1-51(2)47-33-36(25-29-43(47)45-30-31-46-44-20-12-13-21-48(44)53(50(46)49(45)51)41-18-10-5-11-19-41)23-22-35-24-26-38-34-42(28-27-37(38)32-35)52(39-14-6-3-7-15-39)40-16-8-4-9-17-40/h3-34H,1-2H3/b23-22+. The molecule has 0 N–H and O–H groups in total. The number of benzene rings is 8. The molecule has 0 atom stereocenters. The van der Waals surface area contributed by atoms with Crippen LogP contribution in [0.5, 0.6) is 0 Å². The average Bonchev–Trinajstić information content (AvgIpc) is 3.66. The van der Waals surface area contributed by atoms with Crippen molar-refractivity contribution in [3.05, 3.63) is 204 Å². The molecule has 1 aliphatic carbocycles. The summed E-state index contributed by atoms with van der Waals surface area (Å²) < 4.78 is 2.47. The van der Waals surface area contributed by atoms with Gasteiger partial charge in [-0.05, 0) is 105 Å². The first kappa shape index (κ1) is 31.1. The van der Waals surface area contributed by atoms with Crippen molar-refractivity contribution in [1.82, 2.24) is 4.57 Å². The van der Waals surface area contributed by atoms with Gasteiger partial charge in [0.2, 0.25) is 0 Å². The van der Waals surface area contributed by atoms with Gasteiger partial charge in [0, 0.05) is 38.9 Å². The summed E-state index contributed by atoms with van der Waals surface area (Å²) in [4.78, 5) is 2.31. The zero-order valence-corrected chi connectivity index (χ0v) is 29.9. The molecule has 0 spiro atoms. The minimum atomic E-state index is -0.178. The maximum atomic E-state index is 2.47. The number of fused-ring (bicyclic) bond motifs is 8. The van der Waals surface area contributed by atoms with Gasteiger partial charge in [-0.1, -0.05) is 147 Å². The number of anilines is 3. The number of rotatable bonds is 6. The van der Waals surface area contributed by atoms with Crippen molar-refractivity contribution in [2.24, 2.45) is 0 Å². The zero-order valence-electron chi connectivity index (χ0n) is 29.9. The Morgan fingerprint density at radius 3 is 1.79 bits per heavy atom. The molecule has 0 aliphatic heterocycles. The van der Waals surface area contributed by atoms with Crippen LogP contribution in [0, 0.1) is 0 Å². The van der Waals surface area contributed by atoms with E-state index in [1.54, 1.807) is 0 Å². The van der Waals surface area contributed by atoms with Crippen molar-refractivity contribution in [1.29, 1.82) is 0 Å². The molecule has 53 heavy (non-hydrogen) atoms. The third kappa shape index (κ3) is 5.10. The molecule has 0 saturated carbocycles. The summed E-state index contributed by atoms with van der Waals surface area (Å²) >= 11 is 0. The molecule has 2 heteroatoms. The minimum Gasteiger partial charge on any atom is -0.310 e. The van der Waals surface area contributed by atoms with E-state index in [0.29, 0.717) is 0 Å². The quantitative estimate of drug-likeness (QED) is 0.159. The Bertz CT molecular complexity index is 2800. The third-order valence-electron chi connectivity index (χ3n) is 11.1. The van der Waals surface area contributed by atoms with Gasteiger partial charge in [0.25, 0.3) is 0 Å². The Balaban J connectivity index is 0.999. The van der Waals surface area contributed by atoms with Crippen LogP contribution >= 0.6 is 0 Å². The summed E-state index contributed by atoms with van der Waals surface area (Å²) in [6.07, 6.45) is 4.51. The Kier molecular flexibility index (Phi) is 7.19. The van der Waals surface area contributed by atoms with E-state index in [1.807, 2.05) is 0 Å². The first-order chi connectivity index (χ1) is 26.0. The Labute approximate surface area is 310 Å². The predicted octanol–water partition coefficient (Wildman–Crippen LogP) is 13.9. The lowest BCUT2D eigenvalue weighted by atomic mass is 9.81. The Morgan fingerprint density at radius 2 is 1.06 bits per heavy atom. The molecule has 0 radical (unpaired) electrons. The fourth-order valence-electron chi connectivity index (χ4n) is 8.60. The van der Waals surface area contributed by atoms with Crippen molar-refractivity contribution in [2.75, 3.05) is 4.90 Å². The van der Waals surface area contributed by atoms with Crippen LogP contribution < -0.4 is 4.90 Å². The van der Waals surface area contributed by atoms with E-state index in [4.69, 9.17) is 0 Å².